The molecule has 32 heavy (non-hydrogen) atoms. The summed E-state index contributed by atoms with van der Waals surface area (Å²) in [5.74, 6) is -5.18. The molecular formula is C21H36N4O7. The fourth-order valence-corrected chi connectivity index (χ4v) is 3.45. The summed E-state index contributed by atoms with van der Waals surface area (Å²) in [6, 6.07) is -4.08. The van der Waals surface area contributed by atoms with Crippen LogP contribution < -0.4 is 21.3 Å². The molecule has 0 saturated carbocycles. The Labute approximate surface area is 188 Å². The summed E-state index contributed by atoms with van der Waals surface area (Å²) in [5, 5.41) is 29.1. The van der Waals surface area contributed by atoms with Gasteiger partial charge in [0.2, 0.25) is 17.7 Å². The third kappa shape index (κ3) is 8.10. The van der Waals surface area contributed by atoms with E-state index >= 15 is 0 Å². The Balaban J connectivity index is 2.98. The highest BCUT2D eigenvalue weighted by molar-refractivity contribution is 5.95. The van der Waals surface area contributed by atoms with E-state index in [4.69, 9.17) is 0 Å². The zero-order valence-corrected chi connectivity index (χ0v) is 19.1. The highest BCUT2D eigenvalue weighted by Gasteiger charge is 2.35. The highest BCUT2D eigenvalue weighted by atomic mass is 16.4. The summed E-state index contributed by atoms with van der Waals surface area (Å²) in [7, 11) is 0. The summed E-state index contributed by atoms with van der Waals surface area (Å²) in [6.45, 7) is 7.73. The zero-order valence-electron chi connectivity index (χ0n) is 19.1. The van der Waals surface area contributed by atoms with E-state index in [0.717, 1.165) is 6.42 Å². The molecule has 6 N–H and O–H groups in total. The minimum absolute atomic E-state index is 0.277. The van der Waals surface area contributed by atoms with Gasteiger partial charge >= 0.3 is 11.9 Å². The van der Waals surface area contributed by atoms with Crippen LogP contribution in [0.2, 0.25) is 0 Å². The third-order valence-electron chi connectivity index (χ3n) is 5.96. The van der Waals surface area contributed by atoms with Gasteiger partial charge in [-0.2, -0.15) is 0 Å². The molecule has 6 atom stereocenters. The van der Waals surface area contributed by atoms with E-state index in [2.05, 4.69) is 21.3 Å². The molecule has 1 fully saturated rings. The van der Waals surface area contributed by atoms with Crippen molar-refractivity contribution in [3.8, 4) is 0 Å². The molecule has 0 aliphatic carbocycles. The van der Waals surface area contributed by atoms with Crippen LogP contribution in [0, 0.1) is 11.8 Å². The largest absolute Gasteiger partial charge is 0.481 e. The van der Waals surface area contributed by atoms with Gasteiger partial charge in [-0.1, -0.05) is 40.5 Å². The van der Waals surface area contributed by atoms with E-state index in [0.29, 0.717) is 25.8 Å². The number of carbonyl (C=O) groups excluding carboxylic acids is 3. The molecule has 1 aliphatic rings. The van der Waals surface area contributed by atoms with Crippen LogP contribution in [0.4, 0.5) is 0 Å². The Morgan fingerprint density at radius 1 is 0.906 bits per heavy atom. The lowest BCUT2D eigenvalue weighted by molar-refractivity contribution is -0.144. The Hall–Kier alpha value is -2.69. The smallest absolute Gasteiger partial charge is 0.326 e. The van der Waals surface area contributed by atoms with Gasteiger partial charge in [-0.05, 0) is 31.2 Å². The Morgan fingerprint density at radius 3 is 1.97 bits per heavy atom. The lowest BCUT2D eigenvalue weighted by atomic mass is 9.96. The van der Waals surface area contributed by atoms with Gasteiger partial charge in [0, 0.05) is 0 Å². The maximum absolute atomic E-state index is 13.0. The van der Waals surface area contributed by atoms with Crippen LogP contribution in [0.1, 0.15) is 59.8 Å². The second-order valence-corrected chi connectivity index (χ2v) is 8.39. The predicted octanol–water partition coefficient (Wildman–Crippen LogP) is -0.156. The van der Waals surface area contributed by atoms with Crippen molar-refractivity contribution in [3.63, 3.8) is 0 Å². The third-order valence-corrected chi connectivity index (χ3v) is 5.96. The molecule has 0 aromatic rings. The summed E-state index contributed by atoms with van der Waals surface area (Å²) in [5.41, 5.74) is 0. The van der Waals surface area contributed by atoms with Crippen LogP contribution in [0.3, 0.4) is 0 Å². The molecule has 1 rings (SSSR count). The number of hydrogen-bond donors (Lipinski definition) is 6. The monoisotopic (exact) mass is 456 g/mol. The number of carboxylic acid groups (broad SMARTS) is 2. The molecule has 0 bridgehead atoms. The molecule has 0 aromatic heterocycles. The number of carbonyl (C=O) groups is 5. The molecular weight excluding hydrogens is 420 g/mol. The van der Waals surface area contributed by atoms with E-state index in [1.807, 2.05) is 6.92 Å². The van der Waals surface area contributed by atoms with Crippen molar-refractivity contribution in [1.29, 1.82) is 0 Å². The van der Waals surface area contributed by atoms with E-state index in [9.17, 15) is 34.2 Å². The molecule has 1 heterocycles. The fraction of sp³-hybridized carbons (Fsp3) is 0.762. The number of carboxylic acids is 2. The van der Waals surface area contributed by atoms with Crippen LogP contribution in [0.15, 0.2) is 0 Å². The summed E-state index contributed by atoms with van der Waals surface area (Å²) >= 11 is 0. The van der Waals surface area contributed by atoms with Crippen molar-refractivity contribution in [3.05, 3.63) is 0 Å². The van der Waals surface area contributed by atoms with E-state index < -0.39 is 60.3 Å². The number of rotatable bonds is 13. The minimum Gasteiger partial charge on any atom is -0.481 e. The van der Waals surface area contributed by atoms with Gasteiger partial charge in [0.15, 0.2) is 0 Å². The fourth-order valence-electron chi connectivity index (χ4n) is 3.45. The van der Waals surface area contributed by atoms with Gasteiger partial charge < -0.3 is 31.5 Å². The molecule has 6 unspecified atom stereocenters. The molecule has 0 aromatic carbocycles. The van der Waals surface area contributed by atoms with Gasteiger partial charge in [0.05, 0.1) is 12.5 Å². The lowest BCUT2D eigenvalue weighted by Gasteiger charge is -2.28. The van der Waals surface area contributed by atoms with Crippen LogP contribution in [-0.2, 0) is 24.0 Å². The minimum atomic E-state index is -1.49. The van der Waals surface area contributed by atoms with Crippen molar-refractivity contribution in [1.82, 2.24) is 21.3 Å². The topological polar surface area (TPSA) is 174 Å². The highest BCUT2D eigenvalue weighted by Crippen LogP contribution is 2.12. The quantitative estimate of drug-likeness (QED) is 0.222. The predicted molar refractivity (Wildman–Crippen MR) is 116 cm³/mol. The van der Waals surface area contributed by atoms with Crippen LogP contribution in [0.25, 0.3) is 0 Å². The van der Waals surface area contributed by atoms with E-state index in [-0.39, 0.29) is 11.8 Å². The average molecular weight is 457 g/mol. The average Bonchev–Trinajstić information content (AvgIpc) is 3.28. The molecule has 11 nitrogen and oxygen atoms in total. The normalized spacial score (nSPS) is 20.3. The Bertz CT molecular complexity index is 694. The first kappa shape index (κ1) is 27.3. The van der Waals surface area contributed by atoms with Gasteiger partial charge in [-0.25, -0.2) is 4.79 Å². The number of nitrogens with one attached hydrogen (secondary N) is 4. The maximum Gasteiger partial charge on any atom is 0.326 e. The second-order valence-electron chi connectivity index (χ2n) is 8.39. The summed E-state index contributed by atoms with van der Waals surface area (Å²) in [4.78, 5) is 61.0. The first-order valence-corrected chi connectivity index (χ1v) is 11.1. The van der Waals surface area contributed by atoms with Crippen molar-refractivity contribution in [2.45, 2.75) is 84.0 Å². The van der Waals surface area contributed by atoms with E-state index in [1.165, 1.54) is 0 Å². The van der Waals surface area contributed by atoms with Gasteiger partial charge in [-0.3, -0.25) is 19.2 Å². The molecule has 11 heteroatoms. The first-order valence-electron chi connectivity index (χ1n) is 11.1. The standard InChI is InChI=1S/C21H36N4O7/c1-5-11(3)16(24-18(28)13-8-7-9-22-13)20(30)23-14(10-15(26)27)19(29)25-17(21(31)32)12(4)6-2/h11-14,16-17,22H,5-10H2,1-4H3,(H,23,30)(H,24,28)(H,25,29)(H,26,27)(H,31,32). The molecule has 0 spiro atoms. The zero-order chi connectivity index (χ0) is 24.4. The van der Waals surface area contributed by atoms with Crippen molar-refractivity contribution < 1.29 is 34.2 Å². The number of aliphatic carboxylic acids is 2. The summed E-state index contributed by atoms with van der Waals surface area (Å²) < 4.78 is 0. The summed E-state index contributed by atoms with van der Waals surface area (Å²) in [6.07, 6.45) is 1.80. The van der Waals surface area contributed by atoms with Crippen molar-refractivity contribution >= 4 is 29.7 Å². The Kier molecular flexibility index (Phi) is 11.1. The lowest BCUT2D eigenvalue weighted by Crippen LogP contribution is -2.59. The number of amides is 3. The SMILES string of the molecule is CCC(C)C(NC(=O)C(CC(=O)O)NC(=O)C(NC(=O)C1CCCN1)C(C)CC)C(=O)O. The van der Waals surface area contributed by atoms with Crippen molar-refractivity contribution in [2.75, 3.05) is 6.54 Å². The molecule has 3 amide bonds. The first-order chi connectivity index (χ1) is 15.0. The van der Waals surface area contributed by atoms with Gasteiger partial charge in [0.25, 0.3) is 0 Å². The van der Waals surface area contributed by atoms with E-state index in [1.54, 1.807) is 20.8 Å². The molecule has 1 aliphatic heterocycles. The van der Waals surface area contributed by atoms with Crippen molar-refractivity contribution in [2.24, 2.45) is 11.8 Å². The Morgan fingerprint density at radius 2 is 1.50 bits per heavy atom. The molecule has 0 radical (unpaired) electrons. The second kappa shape index (κ2) is 13.0. The van der Waals surface area contributed by atoms with Crippen LogP contribution >= 0.6 is 0 Å². The van der Waals surface area contributed by atoms with Gasteiger partial charge in [0.1, 0.15) is 18.1 Å². The molecule has 1 saturated heterocycles. The number of hydrogen-bond acceptors (Lipinski definition) is 6. The van der Waals surface area contributed by atoms with Crippen LogP contribution in [-0.4, -0.2) is 70.6 Å². The molecule has 182 valence electrons. The van der Waals surface area contributed by atoms with Gasteiger partial charge in [-0.15, -0.1) is 0 Å². The van der Waals surface area contributed by atoms with Crippen LogP contribution in [0.5, 0.6) is 0 Å². The maximum atomic E-state index is 13.0.